The maximum atomic E-state index is 5.87. The zero-order valence-corrected chi connectivity index (χ0v) is 11.4. The highest BCUT2D eigenvalue weighted by atomic mass is 35.5. The van der Waals surface area contributed by atoms with Crippen molar-refractivity contribution in [1.29, 1.82) is 0 Å². The Kier molecular flexibility index (Phi) is 3.18. The van der Waals surface area contributed by atoms with Crippen molar-refractivity contribution in [3.8, 4) is 0 Å². The zero-order valence-electron chi connectivity index (χ0n) is 9.82. The molecule has 2 nitrogen and oxygen atoms in total. The maximum absolute atomic E-state index is 5.87. The molecule has 1 aromatic carbocycles. The monoisotopic (exact) mass is 276 g/mol. The van der Waals surface area contributed by atoms with Crippen LogP contribution in [0.4, 0.5) is 0 Å². The van der Waals surface area contributed by atoms with Gasteiger partial charge < -0.3 is 4.98 Å². The highest BCUT2D eigenvalue weighted by Gasteiger charge is 2.24. The molecular formula is C14H13ClN2S. The number of H-pyrrole nitrogens is 1. The van der Waals surface area contributed by atoms with Crippen LogP contribution in [0, 0.1) is 4.64 Å². The summed E-state index contributed by atoms with van der Waals surface area (Å²) < 4.78 is 0.680. The summed E-state index contributed by atoms with van der Waals surface area (Å²) in [5.74, 6) is 1.60. The molecule has 1 heterocycles. The summed E-state index contributed by atoms with van der Waals surface area (Å²) in [7, 11) is 0. The number of rotatable bonds is 3. The van der Waals surface area contributed by atoms with Gasteiger partial charge in [-0.15, -0.1) is 0 Å². The van der Waals surface area contributed by atoms with E-state index < -0.39 is 0 Å². The van der Waals surface area contributed by atoms with Crippen LogP contribution in [0.1, 0.15) is 35.8 Å². The Morgan fingerprint density at radius 2 is 2.00 bits per heavy atom. The molecule has 1 aliphatic carbocycles. The predicted molar refractivity (Wildman–Crippen MR) is 75.7 cm³/mol. The first kappa shape index (κ1) is 11.9. The largest absolute Gasteiger partial charge is 0.347 e. The second-order valence-corrected chi connectivity index (χ2v) is 5.55. The van der Waals surface area contributed by atoms with Gasteiger partial charge in [0, 0.05) is 17.1 Å². The van der Waals surface area contributed by atoms with E-state index in [4.69, 9.17) is 23.8 Å². The van der Waals surface area contributed by atoms with Crippen LogP contribution in [0.3, 0.4) is 0 Å². The Bertz CT molecular complexity index is 614. The second kappa shape index (κ2) is 4.82. The molecule has 0 spiro atoms. The van der Waals surface area contributed by atoms with Crippen LogP contribution in [-0.4, -0.2) is 9.97 Å². The Labute approximate surface area is 116 Å². The van der Waals surface area contributed by atoms with Crippen LogP contribution in [0.2, 0.25) is 5.02 Å². The fraction of sp³-hybridized carbons (Fsp3) is 0.286. The van der Waals surface area contributed by atoms with Crippen molar-refractivity contribution >= 4 is 23.8 Å². The first-order valence-electron chi connectivity index (χ1n) is 6.05. The Morgan fingerprint density at radius 1 is 1.28 bits per heavy atom. The van der Waals surface area contributed by atoms with Crippen LogP contribution >= 0.6 is 23.8 Å². The summed E-state index contributed by atoms with van der Waals surface area (Å²) in [6.07, 6.45) is 3.28. The van der Waals surface area contributed by atoms with Crippen molar-refractivity contribution in [3.63, 3.8) is 0 Å². The molecule has 0 unspecified atom stereocenters. The molecule has 4 heteroatoms. The predicted octanol–water partition coefficient (Wildman–Crippen LogP) is 4.26. The van der Waals surface area contributed by atoms with Gasteiger partial charge in [-0.1, -0.05) is 36.0 Å². The van der Waals surface area contributed by atoms with Crippen molar-refractivity contribution in [2.45, 2.75) is 25.2 Å². The molecule has 0 radical (unpaired) electrons. The third-order valence-corrected chi connectivity index (χ3v) is 3.58. The summed E-state index contributed by atoms with van der Waals surface area (Å²) in [6.45, 7) is 0. The van der Waals surface area contributed by atoms with Gasteiger partial charge in [-0.25, -0.2) is 4.98 Å². The molecule has 92 valence electrons. The fourth-order valence-corrected chi connectivity index (χ4v) is 2.39. The number of nitrogens with zero attached hydrogens (tertiary/aromatic N) is 1. The SMILES string of the molecule is S=c1cc(C2CC2)[nH]c(Cc2ccc(Cl)cc2)n1. The quantitative estimate of drug-likeness (QED) is 0.849. The van der Waals surface area contributed by atoms with Gasteiger partial charge >= 0.3 is 0 Å². The lowest BCUT2D eigenvalue weighted by Gasteiger charge is -2.05. The van der Waals surface area contributed by atoms with Gasteiger partial charge in [-0.05, 0) is 42.5 Å². The molecular weight excluding hydrogens is 264 g/mol. The molecule has 1 saturated carbocycles. The van der Waals surface area contributed by atoms with Crippen molar-refractivity contribution < 1.29 is 0 Å². The molecule has 0 aliphatic heterocycles. The molecule has 1 fully saturated rings. The van der Waals surface area contributed by atoms with E-state index in [1.165, 1.54) is 24.1 Å². The topological polar surface area (TPSA) is 28.7 Å². The van der Waals surface area contributed by atoms with E-state index in [2.05, 4.69) is 9.97 Å². The van der Waals surface area contributed by atoms with E-state index in [1.807, 2.05) is 30.3 Å². The normalized spacial score (nSPS) is 14.7. The number of benzene rings is 1. The lowest BCUT2D eigenvalue weighted by molar-refractivity contribution is 0.893. The molecule has 18 heavy (non-hydrogen) atoms. The van der Waals surface area contributed by atoms with Crippen LogP contribution in [0.25, 0.3) is 0 Å². The van der Waals surface area contributed by atoms with Gasteiger partial charge in [0.25, 0.3) is 0 Å². The summed E-state index contributed by atoms with van der Waals surface area (Å²) in [4.78, 5) is 7.79. The minimum atomic E-state index is 0.665. The van der Waals surface area contributed by atoms with E-state index in [-0.39, 0.29) is 0 Å². The van der Waals surface area contributed by atoms with Crippen LogP contribution in [-0.2, 0) is 6.42 Å². The number of aromatic amines is 1. The number of nitrogens with one attached hydrogen (secondary N) is 1. The van der Waals surface area contributed by atoms with Crippen molar-refractivity contribution in [3.05, 3.63) is 57.1 Å². The van der Waals surface area contributed by atoms with Crippen LogP contribution in [0.15, 0.2) is 30.3 Å². The van der Waals surface area contributed by atoms with Crippen molar-refractivity contribution in [2.24, 2.45) is 0 Å². The van der Waals surface area contributed by atoms with Gasteiger partial charge in [0.15, 0.2) is 0 Å². The molecule has 0 bridgehead atoms. The number of hydrogen-bond donors (Lipinski definition) is 1. The van der Waals surface area contributed by atoms with Gasteiger partial charge in [0.2, 0.25) is 0 Å². The summed E-state index contributed by atoms with van der Waals surface area (Å²) in [5.41, 5.74) is 2.42. The number of aromatic nitrogens is 2. The standard InChI is InChI=1S/C14H13ClN2S/c15-11-5-1-9(2-6-11)7-13-16-12(10-3-4-10)8-14(18)17-13/h1-2,5-6,8,10H,3-4,7H2,(H,16,17,18). The fourth-order valence-electron chi connectivity index (χ4n) is 2.02. The van der Waals surface area contributed by atoms with Crippen LogP contribution in [0.5, 0.6) is 0 Å². The summed E-state index contributed by atoms with van der Waals surface area (Å²) in [5, 5.41) is 0.756. The third kappa shape index (κ3) is 2.79. The number of halogens is 1. The van der Waals surface area contributed by atoms with Gasteiger partial charge in [0.1, 0.15) is 10.5 Å². The highest BCUT2D eigenvalue weighted by molar-refractivity contribution is 7.71. The van der Waals surface area contributed by atoms with Gasteiger partial charge in [-0.2, -0.15) is 0 Å². The first-order valence-corrected chi connectivity index (χ1v) is 6.84. The van der Waals surface area contributed by atoms with E-state index in [0.717, 1.165) is 17.3 Å². The van der Waals surface area contributed by atoms with Crippen molar-refractivity contribution in [1.82, 2.24) is 9.97 Å². The molecule has 0 saturated heterocycles. The Hall–Kier alpha value is -1.19. The summed E-state index contributed by atoms with van der Waals surface area (Å²) in [6, 6.07) is 9.82. The maximum Gasteiger partial charge on any atom is 0.130 e. The van der Waals surface area contributed by atoms with E-state index in [9.17, 15) is 0 Å². The first-order chi connectivity index (χ1) is 8.70. The third-order valence-electron chi connectivity index (χ3n) is 3.11. The van der Waals surface area contributed by atoms with Gasteiger partial charge in [-0.3, -0.25) is 0 Å². The minimum Gasteiger partial charge on any atom is -0.347 e. The molecule has 1 aromatic heterocycles. The lowest BCUT2D eigenvalue weighted by Crippen LogP contribution is -2.00. The second-order valence-electron chi connectivity index (χ2n) is 4.70. The zero-order chi connectivity index (χ0) is 12.5. The van der Waals surface area contributed by atoms with Crippen molar-refractivity contribution in [2.75, 3.05) is 0 Å². The van der Waals surface area contributed by atoms with E-state index >= 15 is 0 Å². The molecule has 0 amide bonds. The lowest BCUT2D eigenvalue weighted by atomic mass is 10.1. The summed E-state index contributed by atoms with van der Waals surface area (Å²) >= 11 is 11.1. The Balaban J connectivity index is 1.87. The average molecular weight is 277 g/mol. The smallest absolute Gasteiger partial charge is 0.130 e. The molecule has 3 rings (SSSR count). The average Bonchev–Trinajstić information content (AvgIpc) is 3.15. The van der Waals surface area contributed by atoms with Crippen LogP contribution < -0.4 is 0 Å². The molecule has 1 N–H and O–H groups in total. The number of hydrogen-bond acceptors (Lipinski definition) is 2. The van der Waals surface area contributed by atoms with E-state index in [1.54, 1.807) is 0 Å². The minimum absolute atomic E-state index is 0.665. The molecule has 1 aliphatic rings. The Morgan fingerprint density at radius 3 is 2.67 bits per heavy atom. The molecule has 2 aromatic rings. The highest BCUT2D eigenvalue weighted by Crippen LogP contribution is 2.38. The molecule has 0 atom stereocenters. The van der Waals surface area contributed by atoms with E-state index in [0.29, 0.717) is 10.6 Å². The van der Waals surface area contributed by atoms with Gasteiger partial charge in [0.05, 0.1) is 0 Å².